The van der Waals surface area contributed by atoms with E-state index in [1.54, 1.807) is 0 Å². The molecular weight excluding hydrogens is 310 g/mol. The van der Waals surface area contributed by atoms with Crippen LogP contribution >= 0.6 is 0 Å². The van der Waals surface area contributed by atoms with Gasteiger partial charge in [-0.05, 0) is 44.2 Å². The number of benzene rings is 1. The Morgan fingerprint density at radius 1 is 1.16 bits per heavy atom. The van der Waals surface area contributed by atoms with Crippen molar-refractivity contribution in [3.05, 3.63) is 35.9 Å². The normalized spacial score (nSPS) is 24.9. The lowest BCUT2D eigenvalue weighted by Gasteiger charge is -2.51. The van der Waals surface area contributed by atoms with E-state index >= 15 is 0 Å². The van der Waals surface area contributed by atoms with Gasteiger partial charge in [0.25, 0.3) is 0 Å². The number of carbonyl (C=O) groups excluding carboxylic acids is 1. The zero-order valence-corrected chi connectivity index (χ0v) is 15.6. The van der Waals surface area contributed by atoms with Crippen molar-refractivity contribution in [3.8, 4) is 0 Å². The van der Waals surface area contributed by atoms with Crippen molar-refractivity contribution in [1.82, 2.24) is 9.80 Å². The lowest BCUT2D eigenvalue weighted by Crippen LogP contribution is -2.65. The number of likely N-dealkylation sites (tertiary alicyclic amines) is 2. The van der Waals surface area contributed by atoms with E-state index in [4.69, 9.17) is 5.73 Å². The molecule has 2 fully saturated rings. The van der Waals surface area contributed by atoms with E-state index in [9.17, 15) is 4.79 Å². The summed E-state index contributed by atoms with van der Waals surface area (Å²) < 4.78 is 0. The predicted molar refractivity (Wildman–Crippen MR) is 102 cm³/mol. The monoisotopic (exact) mass is 343 g/mol. The van der Waals surface area contributed by atoms with Crippen LogP contribution in [-0.4, -0.2) is 46.9 Å². The van der Waals surface area contributed by atoms with Gasteiger partial charge in [-0.3, -0.25) is 14.6 Å². The number of nitrogens with two attached hydrogens (primary N) is 1. The van der Waals surface area contributed by atoms with E-state index in [-0.39, 0.29) is 5.91 Å². The van der Waals surface area contributed by atoms with Crippen molar-refractivity contribution < 1.29 is 4.79 Å². The number of nitrogens with zero attached hydrogens (tertiary/aromatic N) is 2. The zero-order chi connectivity index (χ0) is 17.7. The molecule has 2 aliphatic heterocycles. The van der Waals surface area contributed by atoms with Crippen LogP contribution in [0.4, 0.5) is 0 Å². The third kappa shape index (κ3) is 4.06. The van der Waals surface area contributed by atoms with Gasteiger partial charge in [0.2, 0.25) is 5.91 Å². The third-order valence-corrected chi connectivity index (χ3v) is 6.19. The fraction of sp³-hybridized carbons (Fsp3) is 0.667. The fourth-order valence-electron chi connectivity index (χ4n) is 4.80. The molecule has 4 nitrogen and oxygen atoms in total. The molecule has 0 bridgehead atoms. The maximum absolute atomic E-state index is 12.6. The van der Waals surface area contributed by atoms with Crippen molar-refractivity contribution in [2.45, 2.75) is 70.0 Å². The van der Waals surface area contributed by atoms with E-state index in [0.717, 1.165) is 39.0 Å². The van der Waals surface area contributed by atoms with Gasteiger partial charge < -0.3 is 5.73 Å². The van der Waals surface area contributed by atoms with Gasteiger partial charge in [-0.15, -0.1) is 0 Å². The summed E-state index contributed by atoms with van der Waals surface area (Å²) in [6.45, 7) is 6.15. The molecule has 138 valence electrons. The minimum Gasteiger partial charge on any atom is -0.368 e. The van der Waals surface area contributed by atoms with Gasteiger partial charge in [-0.1, -0.05) is 50.1 Å². The molecule has 0 spiro atoms. The minimum absolute atomic E-state index is 0.102. The summed E-state index contributed by atoms with van der Waals surface area (Å²) in [7, 11) is 0. The molecule has 0 aromatic heterocycles. The molecule has 1 amide bonds. The van der Waals surface area contributed by atoms with Crippen molar-refractivity contribution >= 4 is 5.91 Å². The second-order valence-electron chi connectivity index (χ2n) is 7.79. The molecule has 0 radical (unpaired) electrons. The first-order valence-corrected chi connectivity index (χ1v) is 9.98. The molecule has 3 rings (SSSR count). The van der Waals surface area contributed by atoms with Crippen LogP contribution in [0, 0.1) is 0 Å². The van der Waals surface area contributed by atoms with Gasteiger partial charge in [0.15, 0.2) is 0 Å². The minimum atomic E-state index is -0.423. The highest BCUT2D eigenvalue weighted by Gasteiger charge is 2.47. The average Bonchev–Trinajstić information content (AvgIpc) is 2.64. The summed E-state index contributed by atoms with van der Waals surface area (Å²) in [5.74, 6) is -0.102. The van der Waals surface area contributed by atoms with Gasteiger partial charge in [0.1, 0.15) is 5.54 Å². The van der Waals surface area contributed by atoms with Crippen LogP contribution in [0.15, 0.2) is 30.3 Å². The third-order valence-electron chi connectivity index (χ3n) is 6.19. The van der Waals surface area contributed by atoms with Gasteiger partial charge >= 0.3 is 0 Å². The Morgan fingerprint density at radius 3 is 2.52 bits per heavy atom. The number of hydrogen-bond acceptors (Lipinski definition) is 3. The molecule has 2 aliphatic rings. The van der Waals surface area contributed by atoms with Crippen molar-refractivity contribution in [2.24, 2.45) is 5.73 Å². The Balaban J connectivity index is 1.69. The molecule has 1 aromatic rings. The first kappa shape index (κ1) is 18.4. The van der Waals surface area contributed by atoms with Gasteiger partial charge in [-0.25, -0.2) is 0 Å². The molecular formula is C21H33N3O. The highest BCUT2D eigenvalue weighted by molar-refractivity contribution is 5.85. The highest BCUT2D eigenvalue weighted by Crippen LogP contribution is 2.36. The van der Waals surface area contributed by atoms with Crippen molar-refractivity contribution in [2.75, 3.05) is 19.6 Å². The van der Waals surface area contributed by atoms with Gasteiger partial charge in [0, 0.05) is 25.7 Å². The maximum Gasteiger partial charge on any atom is 0.238 e. The number of amides is 1. The molecule has 1 atom stereocenters. The summed E-state index contributed by atoms with van der Waals surface area (Å²) in [4.78, 5) is 17.5. The molecule has 25 heavy (non-hydrogen) atoms. The molecule has 1 unspecified atom stereocenters. The number of hydrogen-bond donors (Lipinski definition) is 1. The molecule has 2 heterocycles. The molecule has 2 N–H and O–H groups in total. The molecule has 4 heteroatoms. The smallest absolute Gasteiger partial charge is 0.238 e. The van der Waals surface area contributed by atoms with E-state index in [0.29, 0.717) is 6.04 Å². The number of primary amides is 1. The summed E-state index contributed by atoms with van der Waals surface area (Å²) in [6.07, 6.45) is 7.80. The Hall–Kier alpha value is -1.39. The summed E-state index contributed by atoms with van der Waals surface area (Å²) in [5.41, 5.74) is 6.91. The lowest BCUT2D eigenvalue weighted by atomic mass is 9.80. The quantitative estimate of drug-likeness (QED) is 0.863. The highest BCUT2D eigenvalue weighted by atomic mass is 16.1. The summed E-state index contributed by atoms with van der Waals surface area (Å²) in [6, 6.07) is 11.1. The number of carbonyl (C=O) groups is 1. The second kappa shape index (κ2) is 8.33. The predicted octanol–water partition coefficient (Wildman–Crippen LogP) is 3.16. The lowest BCUT2D eigenvalue weighted by molar-refractivity contribution is -0.138. The van der Waals surface area contributed by atoms with Crippen LogP contribution in [0.25, 0.3) is 0 Å². The van der Waals surface area contributed by atoms with E-state index in [2.05, 4.69) is 47.1 Å². The standard InChI is InChI=1S/C21H33N3O/c1-2-8-19-11-6-7-14-24(19)21(20(22)25)12-15-23(16-13-21)17-18-9-4-3-5-10-18/h3-5,9-10,19H,2,6-8,11-17H2,1H3,(H2,22,25). The second-order valence-corrected chi connectivity index (χ2v) is 7.79. The van der Waals surface area contributed by atoms with Crippen LogP contribution in [0.1, 0.15) is 57.4 Å². The Bertz CT molecular complexity index is 550. The number of rotatable bonds is 6. The van der Waals surface area contributed by atoms with E-state index in [1.807, 2.05) is 0 Å². The van der Waals surface area contributed by atoms with Crippen molar-refractivity contribution in [3.63, 3.8) is 0 Å². The first-order valence-electron chi connectivity index (χ1n) is 9.98. The topological polar surface area (TPSA) is 49.6 Å². The molecule has 0 saturated carbocycles. The average molecular weight is 344 g/mol. The van der Waals surface area contributed by atoms with Crippen LogP contribution in [0.5, 0.6) is 0 Å². The van der Waals surface area contributed by atoms with Crippen LogP contribution in [0.2, 0.25) is 0 Å². The van der Waals surface area contributed by atoms with Gasteiger partial charge in [-0.2, -0.15) is 0 Å². The maximum atomic E-state index is 12.6. The first-order chi connectivity index (χ1) is 12.2. The van der Waals surface area contributed by atoms with Crippen LogP contribution < -0.4 is 5.73 Å². The Labute approximate surface area is 152 Å². The molecule has 1 aromatic carbocycles. The largest absolute Gasteiger partial charge is 0.368 e. The zero-order valence-electron chi connectivity index (χ0n) is 15.6. The van der Waals surface area contributed by atoms with Crippen molar-refractivity contribution in [1.29, 1.82) is 0 Å². The van der Waals surface area contributed by atoms with Crippen LogP contribution in [0.3, 0.4) is 0 Å². The number of piperidine rings is 2. The van der Waals surface area contributed by atoms with E-state index in [1.165, 1.54) is 37.7 Å². The van der Waals surface area contributed by atoms with E-state index < -0.39 is 5.54 Å². The van der Waals surface area contributed by atoms with Gasteiger partial charge in [0.05, 0.1) is 0 Å². The summed E-state index contributed by atoms with van der Waals surface area (Å²) in [5, 5.41) is 0. The SMILES string of the molecule is CCCC1CCCCN1C1(C(N)=O)CCN(Cc2ccccc2)CC1. The summed E-state index contributed by atoms with van der Waals surface area (Å²) >= 11 is 0. The fourth-order valence-corrected chi connectivity index (χ4v) is 4.80. The van der Waals surface area contributed by atoms with Crippen LogP contribution in [-0.2, 0) is 11.3 Å². The molecule has 0 aliphatic carbocycles. The molecule has 2 saturated heterocycles. The Morgan fingerprint density at radius 2 is 1.88 bits per heavy atom. The Kier molecular flexibility index (Phi) is 6.13.